The number of aromatic nitrogens is 2. The van der Waals surface area contributed by atoms with E-state index in [9.17, 15) is 14.9 Å². The fourth-order valence-electron chi connectivity index (χ4n) is 3.80. The number of rotatable bonds is 2. The van der Waals surface area contributed by atoms with Crippen LogP contribution in [0.5, 0.6) is 0 Å². The van der Waals surface area contributed by atoms with Crippen LogP contribution in [0.2, 0.25) is 0 Å². The minimum atomic E-state index is -1.61. The first-order chi connectivity index (χ1) is 13.0. The van der Waals surface area contributed by atoms with Crippen molar-refractivity contribution < 1.29 is 4.79 Å². The third-order valence-electron chi connectivity index (χ3n) is 4.86. The minimum Gasteiger partial charge on any atom is -0.384 e. The van der Waals surface area contributed by atoms with E-state index in [0.29, 0.717) is 22.2 Å². The van der Waals surface area contributed by atoms with Gasteiger partial charge in [0.05, 0.1) is 11.1 Å². The van der Waals surface area contributed by atoms with Gasteiger partial charge in [-0.1, -0.05) is 36.9 Å². The van der Waals surface area contributed by atoms with Gasteiger partial charge < -0.3 is 20.9 Å². The number of para-hydroxylation sites is 1. The van der Waals surface area contributed by atoms with Gasteiger partial charge in [0.1, 0.15) is 23.1 Å². The number of carbonyl (C=O) groups is 1. The fourth-order valence-corrected chi connectivity index (χ4v) is 4.39. The molecule has 2 aliphatic heterocycles. The molecule has 1 amide bonds. The minimum absolute atomic E-state index is 0.00000501. The summed E-state index contributed by atoms with van der Waals surface area (Å²) < 4.78 is 0. The number of benzene rings is 1. The molecule has 136 valence electrons. The first-order valence-electron chi connectivity index (χ1n) is 8.29. The summed E-state index contributed by atoms with van der Waals surface area (Å²) >= 11 is 1.36. The summed E-state index contributed by atoms with van der Waals surface area (Å²) in [5, 5.41) is 13.1. The molecule has 9 heteroatoms. The Labute approximate surface area is 159 Å². The summed E-state index contributed by atoms with van der Waals surface area (Å²) in [5.41, 5.74) is 5.30. The number of thioether (sulfide) groups is 1. The topological polar surface area (TPSA) is 128 Å². The number of nitrogens with one attached hydrogen (secondary N) is 2. The Morgan fingerprint density at radius 1 is 1.37 bits per heavy atom. The second kappa shape index (κ2) is 5.89. The van der Waals surface area contributed by atoms with Crippen molar-refractivity contribution in [3.05, 3.63) is 57.1 Å². The lowest BCUT2D eigenvalue weighted by molar-refractivity contribution is -0.120. The molecule has 0 radical (unpaired) electrons. The second-order valence-corrected chi connectivity index (χ2v) is 7.44. The van der Waals surface area contributed by atoms with Crippen LogP contribution < -0.4 is 21.5 Å². The Morgan fingerprint density at radius 3 is 2.81 bits per heavy atom. The number of amides is 1. The number of hydrogen-bond donors (Lipinski definition) is 3. The van der Waals surface area contributed by atoms with E-state index in [1.165, 1.54) is 16.7 Å². The van der Waals surface area contributed by atoms with Gasteiger partial charge in [-0.25, -0.2) is 4.98 Å². The molecular formula is C18H16N6O2S. The van der Waals surface area contributed by atoms with Gasteiger partial charge in [0.15, 0.2) is 5.16 Å². The Balaban J connectivity index is 2.15. The van der Waals surface area contributed by atoms with Crippen LogP contribution in [0, 0.1) is 11.3 Å². The summed E-state index contributed by atoms with van der Waals surface area (Å²) in [6.45, 7) is 1.94. The highest BCUT2D eigenvalue weighted by molar-refractivity contribution is 7.99. The van der Waals surface area contributed by atoms with Gasteiger partial charge in [-0.05, 0) is 11.8 Å². The molecule has 1 aromatic carbocycles. The van der Waals surface area contributed by atoms with Crippen LogP contribution in [-0.4, -0.2) is 28.7 Å². The molecule has 1 spiro atoms. The number of fused-ring (bicyclic) bond motifs is 4. The van der Waals surface area contributed by atoms with E-state index in [2.05, 4.69) is 15.3 Å². The van der Waals surface area contributed by atoms with Crippen molar-refractivity contribution >= 4 is 29.2 Å². The summed E-state index contributed by atoms with van der Waals surface area (Å²) in [7, 11) is 1.62. The molecule has 27 heavy (non-hydrogen) atoms. The quantitative estimate of drug-likeness (QED) is 0.528. The van der Waals surface area contributed by atoms with Crippen LogP contribution in [-0.2, 0) is 10.2 Å². The summed E-state index contributed by atoms with van der Waals surface area (Å²) in [6, 6.07) is 9.13. The van der Waals surface area contributed by atoms with E-state index in [0.717, 1.165) is 0 Å². The number of hydrogen-bond acceptors (Lipinski definition) is 7. The lowest BCUT2D eigenvalue weighted by atomic mass is 9.69. The Morgan fingerprint density at radius 2 is 2.11 bits per heavy atom. The van der Waals surface area contributed by atoms with E-state index < -0.39 is 16.9 Å². The van der Waals surface area contributed by atoms with Crippen LogP contribution in [0.4, 0.5) is 11.5 Å². The summed E-state index contributed by atoms with van der Waals surface area (Å²) in [6.07, 6.45) is 0. The van der Waals surface area contributed by atoms with E-state index in [1.807, 2.05) is 13.0 Å². The van der Waals surface area contributed by atoms with Crippen LogP contribution in [0.15, 0.2) is 45.6 Å². The molecule has 0 saturated carbocycles. The number of aromatic amines is 1. The molecule has 1 aromatic heterocycles. The lowest BCUT2D eigenvalue weighted by Crippen LogP contribution is -2.49. The zero-order chi connectivity index (χ0) is 19.3. The number of nitriles is 1. The molecule has 2 aromatic rings. The Hall–Kier alpha value is -3.25. The number of nitrogens with zero attached hydrogens (tertiary/aromatic N) is 3. The molecule has 1 atom stereocenters. The van der Waals surface area contributed by atoms with Crippen molar-refractivity contribution in [2.75, 3.05) is 23.0 Å². The molecule has 0 fully saturated rings. The Kier molecular flexibility index (Phi) is 3.75. The summed E-state index contributed by atoms with van der Waals surface area (Å²) in [5.74, 6) is 0.527. The van der Waals surface area contributed by atoms with Crippen LogP contribution in [0.3, 0.4) is 0 Å². The maximum absolute atomic E-state index is 13.5. The molecule has 0 aliphatic carbocycles. The first kappa shape index (κ1) is 17.2. The van der Waals surface area contributed by atoms with E-state index >= 15 is 0 Å². The van der Waals surface area contributed by atoms with E-state index in [-0.39, 0.29) is 22.8 Å². The Bertz CT molecular complexity index is 1120. The smallest absolute Gasteiger partial charge is 0.258 e. The molecule has 0 unspecified atom stereocenters. The normalized spacial score (nSPS) is 20.3. The van der Waals surface area contributed by atoms with Gasteiger partial charge in [-0.2, -0.15) is 5.26 Å². The van der Waals surface area contributed by atoms with E-state index in [4.69, 9.17) is 5.73 Å². The molecule has 0 bridgehead atoms. The predicted molar refractivity (Wildman–Crippen MR) is 102 cm³/mol. The zero-order valence-electron chi connectivity index (χ0n) is 14.7. The monoisotopic (exact) mass is 380 g/mol. The number of anilines is 2. The van der Waals surface area contributed by atoms with Gasteiger partial charge in [-0.15, -0.1) is 0 Å². The highest BCUT2D eigenvalue weighted by Gasteiger charge is 2.59. The van der Waals surface area contributed by atoms with Crippen molar-refractivity contribution in [2.45, 2.75) is 17.5 Å². The van der Waals surface area contributed by atoms with Crippen LogP contribution >= 0.6 is 11.8 Å². The van der Waals surface area contributed by atoms with E-state index in [1.54, 1.807) is 31.3 Å². The third-order valence-corrected chi connectivity index (χ3v) is 5.61. The third kappa shape index (κ3) is 2.07. The summed E-state index contributed by atoms with van der Waals surface area (Å²) in [4.78, 5) is 35.1. The fraction of sp³-hybridized carbons (Fsp3) is 0.222. The van der Waals surface area contributed by atoms with Crippen molar-refractivity contribution in [3.63, 3.8) is 0 Å². The number of likely N-dealkylation sites (N-methyl/N-ethyl adjacent to an activating group) is 1. The van der Waals surface area contributed by atoms with Crippen molar-refractivity contribution in [1.29, 1.82) is 5.26 Å². The molecule has 3 heterocycles. The highest BCUT2D eigenvalue weighted by atomic mass is 32.2. The van der Waals surface area contributed by atoms with Gasteiger partial charge in [0, 0.05) is 18.3 Å². The maximum atomic E-state index is 13.5. The van der Waals surface area contributed by atoms with Crippen molar-refractivity contribution in [3.8, 4) is 6.07 Å². The van der Waals surface area contributed by atoms with Crippen molar-refractivity contribution in [1.82, 2.24) is 9.97 Å². The maximum Gasteiger partial charge on any atom is 0.258 e. The van der Waals surface area contributed by atoms with Crippen molar-refractivity contribution in [2.24, 2.45) is 5.73 Å². The number of nitrogens with two attached hydrogens (primary N) is 1. The average molecular weight is 380 g/mol. The van der Waals surface area contributed by atoms with Gasteiger partial charge in [-0.3, -0.25) is 9.59 Å². The highest BCUT2D eigenvalue weighted by Crippen LogP contribution is 2.52. The molecular weight excluding hydrogens is 364 g/mol. The molecule has 4 N–H and O–H groups in total. The second-order valence-electron chi connectivity index (χ2n) is 6.18. The van der Waals surface area contributed by atoms with Crippen LogP contribution in [0.25, 0.3) is 0 Å². The lowest BCUT2D eigenvalue weighted by Gasteiger charge is -2.33. The molecule has 8 nitrogen and oxygen atoms in total. The SMILES string of the molecule is CCSc1nc2c(c(=O)[nH]1)[C@@]1(C(=O)N(C)c3ccccc31)C(C#N)=C(N)N2. The van der Waals surface area contributed by atoms with Gasteiger partial charge in [0.25, 0.3) is 5.56 Å². The largest absolute Gasteiger partial charge is 0.384 e. The first-order valence-corrected chi connectivity index (χ1v) is 9.28. The average Bonchev–Trinajstić information content (AvgIpc) is 2.85. The molecule has 0 saturated heterocycles. The molecule has 4 rings (SSSR count). The number of H-pyrrole nitrogens is 1. The standard InChI is InChI=1S/C18H16N6O2S/c1-3-27-17-22-14-12(15(25)23-17)18(10(8-19)13(20)21-14)9-6-4-5-7-11(9)24(2)16(18)26/h4-7H,3,20H2,1-2H3,(H2,21,22,23,25)/t18-/m0/s1. The predicted octanol–water partition coefficient (Wildman–Crippen LogP) is 1.26. The van der Waals surface area contributed by atoms with Gasteiger partial charge in [0.2, 0.25) is 5.91 Å². The molecule has 2 aliphatic rings. The van der Waals surface area contributed by atoms with Gasteiger partial charge >= 0.3 is 0 Å². The zero-order valence-corrected chi connectivity index (χ0v) is 15.5. The van der Waals surface area contributed by atoms with Crippen LogP contribution in [0.1, 0.15) is 18.1 Å². The number of carbonyl (C=O) groups excluding carboxylic acids is 1.